The normalized spacial score (nSPS) is 11.1. The van der Waals surface area contributed by atoms with Crippen molar-refractivity contribution >= 4 is 32.3 Å². The van der Waals surface area contributed by atoms with E-state index in [-0.39, 0.29) is 0 Å². The highest BCUT2D eigenvalue weighted by Gasteiger charge is 2.26. The number of rotatable bonds is 6. The standard InChI is InChI=1S/C24H21NO4.C4H6.C2H4BrN/c1-27-24(26)22-23(28-16-17-8-4-2-5-9-17)21-13-12-20(14-18(21)15-25-22)29-19-10-6-3-7-11-19;1-3-4-2;1-2(3)4/h2-14,25H,15-16H2,1H3;1H,4H2,2H3;4H,1H3. The quantitative estimate of drug-likeness (QED) is 0.191. The maximum absolute atomic E-state index is 12.3. The van der Waals surface area contributed by atoms with Gasteiger partial charge in [-0.3, -0.25) is 5.41 Å². The summed E-state index contributed by atoms with van der Waals surface area (Å²) in [5.41, 5.74) is 3.17. The number of halogens is 1. The van der Waals surface area contributed by atoms with Gasteiger partial charge in [0.2, 0.25) is 0 Å². The molecule has 3 aromatic rings. The van der Waals surface area contributed by atoms with Gasteiger partial charge in [-0.1, -0.05) is 55.5 Å². The Labute approximate surface area is 227 Å². The highest BCUT2D eigenvalue weighted by Crippen LogP contribution is 2.32. The number of carbonyl (C=O) groups excluding carboxylic acids is 1. The van der Waals surface area contributed by atoms with E-state index in [1.54, 1.807) is 6.92 Å². The molecule has 0 saturated heterocycles. The highest BCUT2D eigenvalue weighted by molar-refractivity contribution is 9.18. The predicted octanol–water partition coefficient (Wildman–Crippen LogP) is 7.05. The van der Waals surface area contributed by atoms with Crippen molar-refractivity contribution in [2.45, 2.75) is 33.4 Å². The first kappa shape index (κ1) is 29.2. The van der Waals surface area contributed by atoms with Crippen LogP contribution in [0.5, 0.6) is 11.5 Å². The van der Waals surface area contributed by atoms with Crippen molar-refractivity contribution < 1.29 is 19.0 Å². The van der Waals surface area contributed by atoms with Crippen LogP contribution in [-0.4, -0.2) is 17.7 Å². The molecule has 4 rings (SSSR count). The molecule has 6 nitrogen and oxygen atoms in total. The van der Waals surface area contributed by atoms with Gasteiger partial charge in [0.25, 0.3) is 0 Å². The fourth-order valence-electron chi connectivity index (χ4n) is 3.17. The van der Waals surface area contributed by atoms with Gasteiger partial charge in [0, 0.05) is 18.5 Å². The zero-order valence-corrected chi connectivity index (χ0v) is 22.8. The van der Waals surface area contributed by atoms with Crippen LogP contribution in [0.15, 0.2) is 84.6 Å². The molecule has 1 aliphatic heterocycles. The van der Waals surface area contributed by atoms with Crippen LogP contribution in [0.2, 0.25) is 0 Å². The predicted molar refractivity (Wildman–Crippen MR) is 151 cm³/mol. The molecule has 0 atom stereocenters. The Morgan fingerprint density at radius 3 is 2.22 bits per heavy atom. The molecule has 0 aromatic heterocycles. The Bertz CT molecular complexity index is 1230. The maximum atomic E-state index is 12.3. The van der Waals surface area contributed by atoms with E-state index in [1.165, 1.54) is 7.11 Å². The minimum atomic E-state index is -0.455. The van der Waals surface area contributed by atoms with Crippen LogP contribution in [0.3, 0.4) is 0 Å². The summed E-state index contributed by atoms with van der Waals surface area (Å²) in [5.74, 6) is 3.94. The topological polar surface area (TPSA) is 80.6 Å². The van der Waals surface area contributed by atoms with Crippen molar-refractivity contribution in [2.24, 2.45) is 0 Å². The van der Waals surface area contributed by atoms with Crippen molar-refractivity contribution in [1.29, 1.82) is 5.41 Å². The minimum absolute atomic E-state index is 0.327. The lowest BCUT2D eigenvalue weighted by atomic mass is 10.00. The zero-order valence-electron chi connectivity index (χ0n) is 21.2. The van der Waals surface area contributed by atoms with Crippen LogP contribution in [0.25, 0.3) is 5.76 Å². The minimum Gasteiger partial charge on any atom is -0.486 e. The van der Waals surface area contributed by atoms with Crippen LogP contribution in [0, 0.1) is 17.8 Å². The summed E-state index contributed by atoms with van der Waals surface area (Å²) in [7, 11) is 1.36. The molecular weight excluding hydrogens is 532 g/mol. The van der Waals surface area contributed by atoms with E-state index in [0.717, 1.165) is 34.6 Å². The fraction of sp³-hybridized carbons (Fsp3) is 0.200. The van der Waals surface area contributed by atoms with Gasteiger partial charge in [0.05, 0.1) is 11.7 Å². The molecule has 0 radical (unpaired) electrons. The van der Waals surface area contributed by atoms with Gasteiger partial charge >= 0.3 is 5.97 Å². The third-order valence-corrected chi connectivity index (χ3v) is 4.80. The molecule has 2 N–H and O–H groups in total. The highest BCUT2D eigenvalue weighted by atomic mass is 79.9. The number of methoxy groups -OCH3 is 1. The smallest absolute Gasteiger partial charge is 0.358 e. The summed E-state index contributed by atoms with van der Waals surface area (Å²) in [4.78, 5) is 12.3. The number of terminal acetylenes is 1. The van der Waals surface area contributed by atoms with E-state index in [1.807, 2.05) is 85.8 Å². The third kappa shape index (κ3) is 9.86. The largest absolute Gasteiger partial charge is 0.486 e. The van der Waals surface area contributed by atoms with Crippen LogP contribution in [0.1, 0.15) is 37.0 Å². The summed E-state index contributed by atoms with van der Waals surface area (Å²) >= 11 is 2.85. The van der Waals surface area contributed by atoms with E-state index in [4.69, 9.17) is 26.0 Å². The number of hydrogen-bond donors (Lipinski definition) is 2. The first-order valence-electron chi connectivity index (χ1n) is 11.6. The molecule has 37 heavy (non-hydrogen) atoms. The maximum Gasteiger partial charge on any atom is 0.358 e. The van der Waals surface area contributed by atoms with Crippen LogP contribution >= 0.6 is 15.9 Å². The molecule has 7 heteroatoms. The van der Waals surface area contributed by atoms with E-state index in [2.05, 4.69) is 27.2 Å². The number of hydrogen-bond acceptors (Lipinski definition) is 6. The Kier molecular flexibility index (Phi) is 12.5. The lowest BCUT2D eigenvalue weighted by molar-refractivity contribution is -0.136. The molecule has 0 aliphatic carbocycles. The molecule has 0 bridgehead atoms. The van der Waals surface area contributed by atoms with Gasteiger partial charge in [-0.25, -0.2) is 4.79 Å². The van der Waals surface area contributed by atoms with Gasteiger partial charge in [0.15, 0.2) is 11.5 Å². The summed E-state index contributed by atoms with van der Waals surface area (Å²) in [6, 6.07) is 25.2. The van der Waals surface area contributed by atoms with E-state index < -0.39 is 5.97 Å². The zero-order chi connectivity index (χ0) is 27.0. The number of carbonyl (C=O) groups is 1. The molecule has 3 aromatic carbocycles. The summed E-state index contributed by atoms with van der Waals surface area (Å²) < 4.78 is 17.4. The molecule has 0 saturated carbocycles. The van der Waals surface area contributed by atoms with Gasteiger partial charge < -0.3 is 19.5 Å². The first-order valence-corrected chi connectivity index (χ1v) is 12.4. The van der Waals surface area contributed by atoms with Crippen LogP contribution < -0.4 is 10.1 Å². The van der Waals surface area contributed by atoms with Gasteiger partial charge in [-0.2, -0.15) is 0 Å². The Balaban J connectivity index is 0.000000530. The lowest BCUT2D eigenvalue weighted by Crippen LogP contribution is -2.28. The number of benzene rings is 3. The summed E-state index contributed by atoms with van der Waals surface area (Å²) in [5, 5.41) is 9.54. The van der Waals surface area contributed by atoms with E-state index >= 15 is 0 Å². The molecule has 0 unspecified atom stereocenters. The molecule has 0 spiro atoms. The Hall–Kier alpha value is -4.02. The van der Waals surface area contributed by atoms with Crippen molar-refractivity contribution in [3.63, 3.8) is 0 Å². The number of para-hydroxylation sites is 1. The fourth-order valence-corrected chi connectivity index (χ4v) is 3.17. The lowest BCUT2D eigenvalue weighted by Gasteiger charge is -2.24. The average molecular weight is 563 g/mol. The second-order valence-electron chi connectivity index (χ2n) is 7.65. The molecule has 1 aliphatic rings. The number of nitrogens with one attached hydrogen (secondary N) is 2. The molecule has 192 valence electrons. The summed E-state index contributed by atoms with van der Waals surface area (Å²) in [6.45, 7) is 4.43. The summed E-state index contributed by atoms with van der Waals surface area (Å²) in [6.07, 6.45) is 5.62. The molecule has 1 heterocycles. The second-order valence-corrected chi connectivity index (χ2v) is 8.84. The van der Waals surface area contributed by atoms with Crippen LogP contribution in [-0.2, 0) is 27.4 Å². The Morgan fingerprint density at radius 1 is 1.05 bits per heavy atom. The average Bonchev–Trinajstić information content (AvgIpc) is 2.92. The Morgan fingerprint density at radius 2 is 1.65 bits per heavy atom. The SMILES string of the molecule is C#CCC.CC(=N)Br.COC(=O)C1=C(OCc2ccccc2)c2ccc(Oc3ccccc3)cc2CN1. The van der Waals surface area contributed by atoms with E-state index in [9.17, 15) is 4.79 Å². The number of ether oxygens (including phenoxy) is 3. The monoisotopic (exact) mass is 562 g/mol. The number of esters is 1. The van der Waals surface area contributed by atoms with Crippen molar-refractivity contribution in [2.75, 3.05) is 7.11 Å². The van der Waals surface area contributed by atoms with Crippen molar-refractivity contribution in [1.82, 2.24) is 5.32 Å². The second kappa shape index (κ2) is 15.9. The number of fused-ring (bicyclic) bond motifs is 1. The van der Waals surface area contributed by atoms with Crippen molar-refractivity contribution in [3.05, 3.63) is 101 Å². The van der Waals surface area contributed by atoms with Gasteiger partial charge in [0.1, 0.15) is 18.1 Å². The molecular formula is C30H31BrN2O4. The van der Waals surface area contributed by atoms with Gasteiger partial charge in [-0.15, -0.1) is 12.3 Å². The van der Waals surface area contributed by atoms with Gasteiger partial charge in [-0.05, 0) is 64.3 Å². The molecule has 0 fully saturated rings. The molecule has 0 amide bonds. The third-order valence-electron chi connectivity index (χ3n) is 4.80. The van der Waals surface area contributed by atoms with E-state index in [0.29, 0.717) is 29.2 Å². The van der Waals surface area contributed by atoms with Crippen molar-refractivity contribution in [3.8, 4) is 23.8 Å². The van der Waals surface area contributed by atoms with Crippen LogP contribution in [0.4, 0.5) is 0 Å². The first-order chi connectivity index (χ1) is 17.9.